The van der Waals surface area contributed by atoms with Crippen molar-refractivity contribution in [3.8, 4) is 11.6 Å². The molecule has 1 aromatic heterocycles. The summed E-state index contributed by atoms with van der Waals surface area (Å²) in [6.07, 6.45) is 0. The van der Waals surface area contributed by atoms with E-state index in [2.05, 4.69) is 16.5 Å². The minimum Gasteiger partial charge on any atom is -0.496 e. The van der Waals surface area contributed by atoms with Crippen molar-refractivity contribution in [2.45, 2.75) is 20.0 Å². The van der Waals surface area contributed by atoms with E-state index in [1.165, 1.54) is 0 Å². The summed E-state index contributed by atoms with van der Waals surface area (Å²) in [6.45, 7) is 3.44. The van der Waals surface area contributed by atoms with Crippen LogP contribution in [0.1, 0.15) is 16.8 Å². The third kappa shape index (κ3) is 2.93. The minimum absolute atomic E-state index is 0.709. The second-order valence-electron chi connectivity index (χ2n) is 4.61. The molecule has 108 valence electrons. The van der Waals surface area contributed by atoms with E-state index in [-0.39, 0.29) is 0 Å². The maximum atomic E-state index is 5.38. The molecule has 2 rings (SSSR count). The molecule has 1 aromatic carbocycles. The van der Waals surface area contributed by atoms with Crippen LogP contribution in [0.5, 0.6) is 11.6 Å². The Labute approximate surface area is 119 Å². The van der Waals surface area contributed by atoms with Crippen LogP contribution in [0, 0.1) is 6.92 Å². The number of hydrogen-bond donors (Lipinski definition) is 1. The van der Waals surface area contributed by atoms with Gasteiger partial charge in [0.15, 0.2) is 0 Å². The van der Waals surface area contributed by atoms with Gasteiger partial charge < -0.3 is 14.8 Å². The number of ether oxygens (including phenoxy) is 2. The van der Waals surface area contributed by atoms with E-state index in [1.807, 2.05) is 32.2 Å². The second-order valence-corrected chi connectivity index (χ2v) is 4.61. The van der Waals surface area contributed by atoms with Gasteiger partial charge in [0.2, 0.25) is 5.88 Å². The number of nitrogens with zero attached hydrogens (tertiary/aromatic N) is 2. The van der Waals surface area contributed by atoms with Crippen molar-refractivity contribution in [3.63, 3.8) is 0 Å². The average molecular weight is 275 g/mol. The fraction of sp³-hybridized carbons (Fsp3) is 0.400. The van der Waals surface area contributed by atoms with Gasteiger partial charge in [0.05, 0.1) is 25.5 Å². The van der Waals surface area contributed by atoms with E-state index >= 15 is 0 Å². The molecule has 1 N–H and O–H groups in total. The number of aryl methyl sites for hydroxylation is 2. The molecule has 0 radical (unpaired) electrons. The van der Waals surface area contributed by atoms with E-state index in [4.69, 9.17) is 9.47 Å². The van der Waals surface area contributed by atoms with Gasteiger partial charge in [-0.15, -0.1) is 0 Å². The normalized spacial score (nSPS) is 10.6. The Bertz CT molecular complexity index is 578. The predicted octanol–water partition coefficient (Wildman–Crippen LogP) is 2.04. The van der Waals surface area contributed by atoms with Crippen molar-refractivity contribution in [1.29, 1.82) is 0 Å². The molecule has 0 aliphatic carbocycles. The minimum atomic E-state index is 0.709. The van der Waals surface area contributed by atoms with Crippen molar-refractivity contribution < 1.29 is 9.47 Å². The zero-order chi connectivity index (χ0) is 14.5. The molecule has 2 aromatic rings. The highest BCUT2D eigenvalue weighted by atomic mass is 16.5. The van der Waals surface area contributed by atoms with Gasteiger partial charge in [-0.1, -0.05) is 18.2 Å². The van der Waals surface area contributed by atoms with Gasteiger partial charge in [0, 0.05) is 25.7 Å². The molecular weight excluding hydrogens is 254 g/mol. The first kappa shape index (κ1) is 14.4. The second kappa shape index (κ2) is 6.43. The van der Waals surface area contributed by atoms with Gasteiger partial charge in [-0.25, -0.2) is 4.68 Å². The number of rotatable bonds is 6. The Kier molecular flexibility index (Phi) is 4.63. The van der Waals surface area contributed by atoms with Gasteiger partial charge in [0.1, 0.15) is 5.75 Å². The summed E-state index contributed by atoms with van der Waals surface area (Å²) in [5.41, 5.74) is 3.21. The predicted molar refractivity (Wildman–Crippen MR) is 78.0 cm³/mol. The Morgan fingerprint density at radius 1 is 1.15 bits per heavy atom. The molecule has 0 spiro atoms. The number of nitrogens with one attached hydrogen (secondary N) is 1. The monoisotopic (exact) mass is 275 g/mol. The highest BCUT2D eigenvalue weighted by molar-refractivity contribution is 5.34. The lowest BCUT2D eigenvalue weighted by molar-refractivity contribution is 0.367. The molecule has 0 fully saturated rings. The Morgan fingerprint density at radius 2 is 1.90 bits per heavy atom. The fourth-order valence-corrected chi connectivity index (χ4v) is 2.31. The SMILES string of the molecule is COc1ccccc1CNCc1c(C)nn(C)c1OC. The Balaban J connectivity index is 2.03. The molecule has 0 amide bonds. The van der Waals surface area contributed by atoms with Crippen LogP contribution in [0.25, 0.3) is 0 Å². The van der Waals surface area contributed by atoms with Crippen LogP contribution in [0.3, 0.4) is 0 Å². The molecule has 0 aliphatic rings. The van der Waals surface area contributed by atoms with Gasteiger partial charge in [-0.05, 0) is 13.0 Å². The van der Waals surface area contributed by atoms with Crippen LogP contribution < -0.4 is 14.8 Å². The molecule has 0 unspecified atom stereocenters. The number of benzene rings is 1. The maximum absolute atomic E-state index is 5.38. The lowest BCUT2D eigenvalue weighted by Crippen LogP contribution is -2.14. The molecular formula is C15H21N3O2. The van der Waals surface area contributed by atoms with Crippen molar-refractivity contribution in [2.75, 3.05) is 14.2 Å². The van der Waals surface area contributed by atoms with Crippen molar-refractivity contribution >= 4 is 0 Å². The summed E-state index contributed by atoms with van der Waals surface area (Å²) < 4.78 is 12.5. The Morgan fingerprint density at radius 3 is 2.60 bits per heavy atom. The highest BCUT2D eigenvalue weighted by Crippen LogP contribution is 2.21. The average Bonchev–Trinajstić information content (AvgIpc) is 2.73. The first-order valence-electron chi connectivity index (χ1n) is 6.56. The van der Waals surface area contributed by atoms with Crippen LogP contribution in [-0.2, 0) is 20.1 Å². The molecule has 5 heteroatoms. The first-order chi connectivity index (χ1) is 9.67. The first-order valence-corrected chi connectivity index (χ1v) is 6.56. The standard InChI is InChI=1S/C15H21N3O2/c1-11-13(15(20-4)18(2)17-11)10-16-9-12-7-5-6-8-14(12)19-3/h5-8,16H,9-10H2,1-4H3. The van der Waals surface area contributed by atoms with Gasteiger partial charge in [-0.2, -0.15) is 5.10 Å². The summed E-state index contributed by atoms with van der Waals surface area (Å²) >= 11 is 0. The molecule has 0 atom stereocenters. The van der Waals surface area contributed by atoms with E-state index in [0.717, 1.165) is 35.0 Å². The molecule has 0 aliphatic heterocycles. The van der Waals surface area contributed by atoms with Crippen molar-refractivity contribution in [1.82, 2.24) is 15.1 Å². The summed E-state index contributed by atoms with van der Waals surface area (Å²) in [5, 5.41) is 7.78. The third-order valence-electron chi connectivity index (χ3n) is 3.29. The van der Waals surface area contributed by atoms with Gasteiger partial charge in [-0.3, -0.25) is 0 Å². The van der Waals surface area contributed by atoms with Crippen LogP contribution in [0.4, 0.5) is 0 Å². The Hall–Kier alpha value is -2.01. The van der Waals surface area contributed by atoms with E-state index in [9.17, 15) is 0 Å². The zero-order valence-electron chi connectivity index (χ0n) is 12.4. The fourth-order valence-electron chi connectivity index (χ4n) is 2.31. The summed E-state index contributed by atoms with van der Waals surface area (Å²) in [4.78, 5) is 0. The molecule has 0 saturated carbocycles. The van der Waals surface area contributed by atoms with E-state index < -0.39 is 0 Å². The topological polar surface area (TPSA) is 48.3 Å². The molecule has 1 heterocycles. The number of para-hydroxylation sites is 1. The van der Waals surface area contributed by atoms with Gasteiger partial charge >= 0.3 is 0 Å². The van der Waals surface area contributed by atoms with Crippen LogP contribution in [-0.4, -0.2) is 24.0 Å². The smallest absolute Gasteiger partial charge is 0.216 e. The lowest BCUT2D eigenvalue weighted by atomic mass is 10.2. The summed E-state index contributed by atoms with van der Waals surface area (Å²) in [6, 6.07) is 8.00. The molecule has 0 saturated heterocycles. The third-order valence-corrected chi connectivity index (χ3v) is 3.29. The molecule has 20 heavy (non-hydrogen) atoms. The van der Waals surface area contributed by atoms with Gasteiger partial charge in [0.25, 0.3) is 0 Å². The van der Waals surface area contributed by atoms with Crippen LogP contribution >= 0.6 is 0 Å². The van der Waals surface area contributed by atoms with Crippen LogP contribution in [0.15, 0.2) is 24.3 Å². The largest absolute Gasteiger partial charge is 0.496 e. The van der Waals surface area contributed by atoms with E-state index in [0.29, 0.717) is 6.54 Å². The quantitative estimate of drug-likeness (QED) is 0.876. The zero-order valence-corrected chi connectivity index (χ0v) is 12.4. The number of aromatic nitrogens is 2. The highest BCUT2D eigenvalue weighted by Gasteiger charge is 2.13. The summed E-state index contributed by atoms with van der Waals surface area (Å²) in [5.74, 6) is 1.70. The summed E-state index contributed by atoms with van der Waals surface area (Å²) in [7, 11) is 5.24. The van der Waals surface area contributed by atoms with Crippen molar-refractivity contribution in [2.24, 2.45) is 7.05 Å². The van der Waals surface area contributed by atoms with Crippen molar-refractivity contribution in [3.05, 3.63) is 41.1 Å². The van der Waals surface area contributed by atoms with E-state index in [1.54, 1.807) is 18.9 Å². The lowest BCUT2D eigenvalue weighted by Gasteiger charge is -2.10. The molecule has 0 bridgehead atoms. The number of hydrogen-bond acceptors (Lipinski definition) is 4. The molecule has 5 nitrogen and oxygen atoms in total. The maximum Gasteiger partial charge on any atom is 0.216 e. The van der Waals surface area contributed by atoms with Crippen LogP contribution in [0.2, 0.25) is 0 Å². The number of methoxy groups -OCH3 is 2.